The third-order valence-electron chi connectivity index (χ3n) is 11.5. The van der Waals surface area contributed by atoms with Gasteiger partial charge in [-0.2, -0.15) is 0 Å². The van der Waals surface area contributed by atoms with E-state index < -0.39 is 0 Å². The zero-order valence-corrected chi connectivity index (χ0v) is 31.0. The summed E-state index contributed by atoms with van der Waals surface area (Å²) in [4.78, 5) is 15.7. The highest BCUT2D eigenvalue weighted by Crippen LogP contribution is 2.56. The maximum Gasteiger partial charge on any atom is 0.164 e. The molecule has 56 heavy (non-hydrogen) atoms. The third-order valence-corrected chi connectivity index (χ3v) is 11.5. The molecule has 264 valence electrons. The molecule has 0 spiro atoms. The summed E-state index contributed by atoms with van der Waals surface area (Å²) in [6.07, 6.45) is 0. The SMILES string of the molecule is CC1(C)c2ccccc2-c2c1c1c(oc3cccc(-c4nc(-c5ccc(-c6ccccc6)cc5)nc(-c5ccc(-c6ccccc6)cc5)n4)c31)c1ccccc21. The van der Waals surface area contributed by atoms with E-state index in [1.165, 1.54) is 38.8 Å². The van der Waals surface area contributed by atoms with Gasteiger partial charge in [0.15, 0.2) is 17.5 Å². The molecule has 0 saturated heterocycles. The highest BCUT2D eigenvalue weighted by Gasteiger charge is 2.40. The summed E-state index contributed by atoms with van der Waals surface area (Å²) in [5, 5.41) is 4.45. The average molecular weight is 718 g/mol. The largest absolute Gasteiger partial charge is 0.455 e. The van der Waals surface area contributed by atoms with Crippen LogP contribution in [0.1, 0.15) is 25.0 Å². The Labute approximate surface area is 324 Å². The third kappa shape index (κ3) is 4.96. The zero-order chi connectivity index (χ0) is 37.4. The monoisotopic (exact) mass is 717 g/mol. The van der Waals surface area contributed by atoms with Gasteiger partial charge in [0.2, 0.25) is 0 Å². The lowest BCUT2D eigenvalue weighted by Gasteiger charge is -2.23. The van der Waals surface area contributed by atoms with Crippen LogP contribution in [-0.2, 0) is 5.41 Å². The minimum atomic E-state index is -0.269. The second kappa shape index (κ2) is 12.4. The topological polar surface area (TPSA) is 51.8 Å². The van der Waals surface area contributed by atoms with Gasteiger partial charge in [0.1, 0.15) is 11.2 Å². The van der Waals surface area contributed by atoms with E-state index in [0.717, 1.165) is 55.1 Å². The van der Waals surface area contributed by atoms with E-state index in [9.17, 15) is 0 Å². The molecule has 0 fully saturated rings. The van der Waals surface area contributed by atoms with Crippen molar-refractivity contribution in [3.05, 3.63) is 187 Å². The van der Waals surface area contributed by atoms with Crippen molar-refractivity contribution < 1.29 is 4.42 Å². The number of aromatic nitrogens is 3. The van der Waals surface area contributed by atoms with Crippen molar-refractivity contribution in [1.82, 2.24) is 15.0 Å². The first-order valence-corrected chi connectivity index (χ1v) is 19.1. The number of furan rings is 1. The lowest BCUT2D eigenvalue weighted by molar-refractivity contribution is 0.659. The molecular formula is C52H35N3O. The highest BCUT2D eigenvalue weighted by atomic mass is 16.3. The summed E-state index contributed by atoms with van der Waals surface area (Å²) in [5.74, 6) is 1.84. The Bertz CT molecular complexity index is 3030. The summed E-state index contributed by atoms with van der Waals surface area (Å²) >= 11 is 0. The molecule has 2 heterocycles. The van der Waals surface area contributed by atoms with Gasteiger partial charge in [-0.25, -0.2) is 15.0 Å². The van der Waals surface area contributed by atoms with E-state index in [2.05, 4.69) is 178 Å². The fourth-order valence-electron chi connectivity index (χ4n) is 8.85. The zero-order valence-electron chi connectivity index (χ0n) is 31.0. The molecule has 1 aliphatic rings. The van der Waals surface area contributed by atoms with Crippen LogP contribution in [-0.4, -0.2) is 15.0 Å². The van der Waals surface area contributed by atoms with Crippen LogP contribution in [0.4, 0.5) is 0 Å². The maximum absolute atomic E-state index is 6.91. The molecule has 0 N–H and O–H groups in total. The van der Waals surface area contributed by atoms with Gasteiger partial charge in [-0.15, -0.1) is 0 Å². The van der Waals surface area contributed by atoms with Gasteiger partial charge in [0, 0.05) is 38.3 Å². The Balaban J connectivity index is 1.16. The van der Waals surface area contributed by atoms with Gasteiger partial charge in [0.25, 0.3) is 0 Å². The molecule has 0 atom stereocenters. The molecule has 4 heteroatoms. The molecule has 11 rings (SSSR count). The lowest BCUT2D eigenvalue weighted by Crippen LogP contribution is -2.15. The summed E-state index contributed by atoms with van der Waals surface area (Å²) in [5.41, 5.74) is 14.0. The first kappa shape index (κ1) is 32.3. The van der Waals surface area contributed by atoms with Crippen LogP contribution in [0.3, 0.4) is 0 Å². The molecule has 0 amide bonds. The smallest absolute Gasteiger partial charge is 0.164 e. The molecule has 0 saturated carbocycles. The molecular weight excluding hydrogens is 683 g/mol. The molecule has 4 nitrogen and oxygen atoms in total. The second-order valence-electron chi connectivity index (χ2n) is 15.1. The summed E-state index contributed by atoms with van der Waals surface area (Å²) in [7, 11) is 0. The number of benzene rings is 8. The Hall–Kier alpha value is -7.17. The van der Waals surface area contributed by atoms with Gasteiger partial charge < -0.3 is 4.42 Å². The molecule has 0 aliphatic heterocycles. The van der Waals surface area contributed by atoms with Crippen LogP contribution in [0.2, 0.25) is 0 Å². The molecule has 10 aromatic rings. The van der Waals surface area contributed by atoms with Gasteiger partial charge in [0.05, 0.1) is 0 Å². The fourth-order valence-corrected chi connectivity index (χ4v) is 8.85. The van der Waals surface area contributed by atoms with Crippen molar-refractivity contribution >= 4 is 32.7 Å². The van der Waals surface area contributed by atoms with E-state index in [-0.39, 0.29) is 5.41 Å². The van der Waals surface area contributed by atoms with Crippen LogP contribution in [0, 0.1) is 0 Å². The van der Waals surface area contributed by atoms with E-state index in [1.807, 2.05) is 12.1 Å². The summed E-state index contributed by atoms with van der Waals surface area (Å²) in [6, 6.07) is 61.6. The number of rotatable bonds is 5. The quantitative estimate of drug-likeness (QED) is 0.178. The first-order chi connectivity index (χ1) is 27.5. The Kier molecular flexibility index (Phi) is 7.17. The van der Waals surface area contributed by atoms with Gasteiger partial charge >= 0.3 is 0 Å². The van der Waals surface area contributed by atoms with Crippen LogP contribution < -0.4 is 0 Å². The summed E-state index contributed by atoms with van der Waals surface area (Å²) in [6.45, 7) is 4.68. The molecule has 0 bridgehead atoms. The van der Waals surface area contributed by atoms with Crippen LogP contribution in [0.5, 0.6) is 0 Å². The number of fused-ring (bicyclic) bond motifs is 10. The van der Waals surface area contributed by atoms with Crippen molar-refractivity contribution in [2.45, 2.75) is 19.3 Å². The number of hydrogen-bond acceptors (Lipinski definition) is 4. The van der Waals surface area contributed by atoms with Crippen molar-refractivity contribution in [1.29, 1.82) is 0 Å². The van der Waals surface area contributed by atoms with Crippen LogP contribution >= 0.6 is 0 Å². The summed E-state index contributed by atoms with van der Waals surface area (Å²) < 4.78 is 6.91. The van der Waals surface area contributed by atoms with Crippen molar-refractivity contribution in [2.24, 2.45) is 0 Å². The standard InChI is InChI=1S/C52H35N3O/c1-52(2)42-22-12-11-20-40(42)44-38-18-9-10-19-39(38)48-46(47(44)52)45-41(21-13-23-43(45)56-48)51-54-49(36-28-24-34(25-29-36)32-14-5-3-6-15-32)53-50(55-51)37-30-26-35(27-31-37)33-16-7-4-8-17-33/h3-31H,1-2H3. The fraction of sp³-hybridized carbons (Fsp3) is 0.0577. The van der Waals surface area contributed by atoms with E-state index in [0.29, 0.717) is 17.5 Å². The molecule has 0 radical (unpaired) electrons. The Morgan fingerprint density at radius 1 is 0.393 bits per heavy atom. The minimum Gasteiger partial charge on any atom is -0.455 e. The van der Waals surface area contributed by atoms with E-state index in [4.69, 9.17) is 19.4 Å². The predicted molar refractivity (Wildman–Crippen MR) is 229 cm³/mol. The van der Waals surface area contributed by atoms with Gasteiger partial charge in [-0.3, -0.25) is 0 Å². The highest BCUT2D eigenvalue weighted by molar-refractivity contribution is 6.25. The minimum absolute atomic E-state index is 0.269. The molecule has 0 unspecified atom stereocenters. The van der Waals surface area contributed by atoms with Crippen molar-refractivity contribution in [2.75, 3.05) is 0 Å². The van der Waals surface area contributed by atoms with E-state index >= 15 is 0 Å². The van der Waals surface area contributed by atoms with Crippen LogP contribution in [0.25, 0.3) is 100 Å². The normalized spacial score (nSPS) is 13.0. The number of hydrogen-bond donors (Lipinski definition) is 0. The molecule has 1 aliphatic carbocycles. The molecule has 8 aromatic carbocycles. The van der Waals surface area contributed by atoms with E-state index in [1.54, 1.807) is 0 Å². The maximum atomic E-state index is 6.91. The van der Waals surface area contributed by atoms with Gasteiger partial charge in [-0.1, -0.05) is 184 Å². The molecule has 2 aromatic heterocycles. The van der Waals surface area contributed by atoms with Crippen molar-refractivity contribution in [3.63, 3.8) is 0 Å². The van der Waals surface area contributed by atoms with Gasteiger partial charge in [-0.05, 0) is 56.0 Å². The Morgan fingerprint density at radius 2 is 0.875 bits per heavy atom. The Morgan fingerprint density at radius 3 is 1.50 bits per heavy atom. The number of nitrogens with zero attached hydrogens (tertiary/aromatic N) is 3. The first-order valence-electron chi connectivity index (χ1n) is 19.1. The van der Waals surface area contributed by atoms with Crippen molar-refractivity contribution in [3.8, 4) is 67.5 Å². The predicted octanol–water partition coefficient (Wildman–Crippen LogP) is 13.6. The lowest BCUT2D eigenvalue weighted by atomic mass is 9.79. The average Bonchev–Trinajstić information content (AvgIpc) is 3.77. The van der Waals surface area contributed by atoms with Crippen LogP contribution in [0.15, 0.2) is 180 Å². The second-order valence-corrected chi connectivity index (χ2v) is 15.1.